The van der Waals surface area contributed by atoms with Crippen LogP contribution in [0.25, 0.3) is 11.0 Å². The number of rotatable bonds is 13. The molecule has 0 saturated carbocycles. The third kappa shape index (κ3) is 7.73. The van der Waals surface area contributed by atoms with Gasteiger partial charge in [-0.2, -0.15) is 4.31 Å². The van der Waals surface area contributed by atoms with E-state index in [-0.39, 0.29) is 36.5 Å². The van der Waals surface area contributed by atoms with Gasteiger partial charge in [-0.1, -0.05) is 62.4 Å². The Bertz CT molecular complexity index is 1650. The second-order valence-electron chi connectivity index (χ2n) is 11.3. The van der Waals surface area contributed by atoms with Gasteiger partial charge in [-0.25, -0.2) is 13.4 Å². The summed E-state index contributed by atoms with van der Waals surface area (Å²) in [5.41, 5.74) is 9.81. The van der Waals surface area contributed by atoms with Gasteiger partial charge in [0.25, 0.3) is 5.91 Å². The molecule has 0 aliphatic carbocycles. The minimum absolute atomic E-state index is 0.0223. The number of hydrogen-bond acceptors (Lipinski definition) is 7. The summed E-state index contributed by atoms with van der Waals surface area (Å²) in [4.78, 5) is 17.4. The number of benzene rings is 3. The van der Waals surface area contributed by atoms with Gasteiger partial charge in [0, 0.05) is 20.1 Å². The van der Waals surface area contributed by atoms with Crippen molar-refractivity contribution in [3.8, 4) is 5.75 Å². The Morgan fingerprint density at radius 2 is 1.72 bits per heavy atom. The Morgan fingerprint density at radius 1 is 1.05 bits per heavy atom. The van der Waals surface area contributed by atoms with Crippen LogP contribution in [0.2, 0.25) is 0 Å². The number of aromatic nitrogens is 2. The molecule has 0 fully saturated rings. The smallest absolute Gasteiger partial charge is 0.258 e. The van der Waals surface area contributed by atoms with Crippen LogP contribution >= 0.6 is 0 Å². The molecule has 2 atom stereocenters. The predicted molar refractivity (Wildman–Crippen MR) is 168 cm³/mol. The zero-order chi connectivity index (χ0) is 31.3. The lowest BCUT2D eigenvalue weighted by Gasteiger charge is -2.31. The molecule has 4 rings (SSSR count). The van der Waals surface area contributed by atoms with E-state index in [1.54, 1.807) is 23.7 Å². The van der Waals surface area contributed by atoms with E-state index in [1.807, 2.05) is 76.2 Å². The average Bonchev–Trinajstić information content (AvgIpc) is 3.24. The highest BCUT2D eigenvalue weighted by Crippen LogP contribution is 2.25. The first-order chi connectivity index (χ1) is 20.4. The quantitative estimate of drug-likeness (QED) is 0.211. The number of imidazole rings is 1. The molecule has 230 valence electrons. The van der Waals surface area contributed by atoms with E-state index in [9.17, 15) is 18.3 Å². The largest absolute Gasteiger partial charge is 0.483 e. The number of aliphatic hydroxyl groups excluding tert-OH is 1. The van der Waals surface area contributed by atoms with Crippen molar-refractivity contribution in [2.24, 2.45) is 13.0 Å². The van der Waals surface area contributed by atoms with Crippen LogP contribution in [0.4, 0.5) is 5.95 Å². The van der Waals surface area contributed by atoms with Crippen molar-refractivity contribution in [2.75, 3.05) is 25.4 Å². The maximum atomic E-state index is 13.9. The summed E-state index contributed by atoms with van der Waals surface area (Å²) in [5, 5.41) is 14.4. The number of carbonyl (C=O) groups excluding carboxylic acids is 1. The molecular weight excluding hydrogens is 566 g/mol. The molecule has 0 spiro atoms. The zero-order valence-corrected chi connectivity index (χ0v) is 26.1. The maximum absolute atomic E-state index is 13.9. The van der Waals surface area contributed by atoms with Crippen LogP contribution in [-0.4, -0.2) is 65.1 Å². The lowest BCUT2D eigenvalue weighted by Crippen LogP contribution is -2.52. The average molecular weight is 608 g/mol. The monoisotopic (exact) mass is 607 g/mol. The number of nitrogens with two attached hydrogens (primary N) is 1. The zero-order valence-electron chi connectivity index (χ0n) is 25.3. The van der Waals surface area contributed by atoms with Crippen molar-refractivity contribution in [1.82, 2.24) is 19.2 Å². The van der Waals surface area contributed by atoms with E-state index in [0.29, 0.717) is 23.2 Å². The van der Waals surface area contributed by atoms with Gasteiger partial charge in [-0.15, -0.1) is 0 Å². The number of carbonyl (C=O) groups is 1. The summed E-state index contributed by atoms with van der Waals surface area (Å²) >= 11 is 0. The Kier molecular flexibility index (Phi) is 10.1. The second kappa shape index (κ2) is 13.6. The Morgan fingerprint density at radius 3 is 2.37 bits per heavy atom. The molecule has 1 amide bonds. The first kappa shape index (κ1) is 32.0. The topological polar surface area (TPSA) is 140 Å². The molecule has 4 N–H and O–H groups in total. The van der Waals surface area contributed by atoms with Gasteiger partial charge in [0.2, 0.25) is 16.0 Å². The first-order valence-corrected chi connectivity index (χ1v) is 15.7. The van der Waals surface area contributed by atoms with Gasteiger partial charge < -0.3 is 25.5 Å². The molecule has 4 aromatic rings. The highest BCUT2D eigenvalue weighted by atomic mass is 32.2. The van der Waals surface area contributed by atoms with Crippen LogP contribution in [0.5, 0.6) is 5.75 Å². The normalized spacial score (nSPS) is 13.4. The lowest BCUT2D eigenvalue weighted by atomic mass is 10.0. The number of nitrogens with one attached hydrogen (secondary N) is 1. The number of fused-ring (bicyclic) bond motifs is 1. The highest BCUT2D eigenvalue weighted by Gasteiger charge is 2.32. The Balaban J connectivity index is 1.57. The van der Waals surface area contributed by atoms with Crippen molar-refractivity contribution in [3.05, 3.63) is 83.4 Å². The van der Waals surface area contributed by atoms with Gasteiger partial charge in [-0.05, 0) is 61.1 Å². The summed E-state index contributed by atoms with van der Waals surface area (Å²) in [6, 6.07) is 19.1. The molecule has 1 aromatic heterocycles. The van der Waals surface area contributed by atoms with Crippen LogP contribution in [0.1, 0.15) is 30.5 Å². The van der Waals surface area contributed by atoms with Crippen molar-refractivity contribution < 1.29 is 23.1 Å². The van der Waals surface area contributed by atoms with E-state index in [1.165, 1.54) is 10.4 Å². The number of nitrogen functional groups attached to an aromatic ring is 1. The molecule has 10 nitrogen and oxygen atoms in total. The number of para-hydroxylation sites is 1. The standard InChI is InChI=1S/C32H41N5O5S/c1-21(2)18-37(43(40,41)25-14-15-26-28(17-25)36(5)32(33)35-26)19-29(38)27(16-24-12-7-6-8-13-24)34-30(39)20-42-31-22(3)10-9-11-23(31)4/h6-15,17,21,27,29,38H,16,18-20H2,1-5H3,(H2,33,35)(H,34,39)/t27-,29+/m0/s1. The summed E-state index contributed by atoms with van der Waals surface area (Å²) in [5.74, 6) is 0.477. The minimum Gasteiger partial charge on any atom is -0.483 e. The number of ether oxygens (including phenoxy) is 1. The van der Waals surface area contributed by atoms with Gasteiger partial charge >= 0.3 is 0 Å². The predicted octanol–water partition coefficient (Wildman–Crippen LogP) is 3.59. The van der Waals surface area contributed by atoms with Crippen molar-refractivity contribution in [1.29, 1.82) is 0 Å². The van der Waals surface area contributed by atoms with Crippen molar-refractivity contribution in [3.63, 3.8) is 0 Å². The van der Waals surface area contributed by atoms with E-state index in [0.717, 1.165) is 16.7 Å². The third-order valence-electron chi connectivity index (χ3n) is 7.35. The van der Waals surface area contributed by atoms with Gasteiger partial charge in [-0.3, -0.25) is 4.79 Å². The van der Waals surface area contributed by atoms with Gasteiger partial charge in [0.05, 0.1) is 28.1 Å². The Labute approximate surface area is 253 Å². The lowest BCUT2D eigenvalue weighted by molar-refractivity contribution is -0.124. The molecule has 0 unspecified atom stereocenters. The molecule has 0 aliphatic heterocycles. The molecule has 1 heterocycles. The minimum atomic E-state index is -4.03. The number of hydrogen-bond donors (Lipinski definition) is 3. The van der Waals surface area contributed by atoms with Crippen molar-refractivity contribution in [2.45, 2.75) is 51.2 Å². The summed E-state index contributed by atoms with van der Waals surface area (Å²) in [7, 11) is -2.31. The number of sulfonamides is 1. The molecule has 0 saturated heterocycles. The number of nitrogens with zero attached hydrogens (tertiary/aromatic N) is 3. The summed E-state index contributed by atoms with van der Waals surface area (Å²) in [6.45, 7) is 7.35. The fourth-order valence-electron chi connectivity index (χ4n) is 5.08. The molecule has 11 heteroatoms. The molecular formula is C32H41N5O5S. The molecule has 0 bridgehead atoms. The van der Waals surface area contributed by atoms with Gasteiger partial charge in [0.1, 0.15) is 5.75 Å². The third-order valence-corrected chi connectivity index (χ3v) is 9.18. The number of aliphatic hydroxyl groups is 1. The van der Waals surface area contributed by atoms with E-state index in [4.69, 9.17) is 10.5 Å². The Hall–Kier alpha value is -3.93. The van der Waals surface area contributed by atoms with Crippen LogP contribution < -0.4 is 15.8 Å². The molecule has 0 aliphatic rings. The second-order valence-corrected chi connectivity index (χ2v) is 13.3. The number of anilines is 1. The fourth-order valence-corrected chi connectivity index (χ4v) is 6.72. The van der Waals surface area contributed by atoms with Crippen LogP contribution in [-0.2, 0) is 28.3 Å². The van der Waals surface area contributed by atoms with Gasteiger partial charge in [0.15, 0.2) is 6.61 Å². The maximum Gasteiger partial charge on any atom is 0.258 e. The molecule has 3 aromatic carbocycles. The van der Waals surface area contributed by atoms with Crippen molar-refractivity contribution >= 4 is 32.9 Å². The van der Waals surface area contributed by atoms with E-state index < -0.39 is 28.1 Å². The number of amides is 1. The van der Waals surface area contributed by atoms with E-state index in [2.05, 4.69) is 10.3 Å². The van der Waals surface area contributed by atoms with E-state index >= 15 is 0 Å². The summed E-state index contributed by atoms with van der Waals surface area (Å²) in [6.07, 6.45) is -0.915. The SMILES string of the molecule is Cc1cccc(C)c1OCC(=O)N[C@@H](Cc1ccccc1)[C@H](O)CN(CC(C)C)S(=O)(=O)c1ccc2nc(N)n(C)c2c1. The summed E-state index contributed by atoms with van der Waals surface area (Å²) < 4.78 is 36.6. The highest BCUT2D eigenvalue weighted by molar-refractivity contribution is 7.89. The number of aryl methyl sites for hydroxylation is 3. The first-order valence-electron chi connectivity index (χ1n) is 14.3. The van der Waals surface area contributed by atoms with Crippen LogP contribution in [0, 0.1) is 19.8 Å². The van der Waals surface area contributed by atoms with Crippen LogP contribution in [0.3, 0.4) is 0 Å². The molecule has 0 radical (unpaired) electrons. The molecule has 43 heavy (non-hydrogen) atoms. The fraction of sp³-hybridized carbons (Fsp3) is 0.375. The van der Waals surface area contributed by atoms with Crippen LogP contribution in [0.15, 0.2) is 71.6 Å².